The highest BCUT2D eigenvalue weighted by Crippen LogP contribution is 2.65. The van der Waals surface area contributed by atoms with Crippen LogP contribution in [0, 0.1) is 22.7 Å². The molecule has 4 amide bonds. The Balaban J connectivity index is 1.08. The summed E-state index contributed by atoms with van der Waals surface area (Å²) in [4.78, 5) is 63.4. The average Bonchev–Trinajstić information content (AvgIpc) is 3.93. The molecule has 8 atom stereocenters. The van der Waals surface area contributed by atoms with Crippen molar-refractivity contribution in [3.05, 3.63) is 52.0 Å². The molecule has 3 aliphatic carbocycles. The molecule has 6 aliphatic rings. The molecule has 13 nitrogen and oxygen atoms in total. The fourth-order valence-electron chi connectivity index (χ4n) is 9.42. The van der Waals surface area contributed by atoms with Gasteiger partial charge in [-0.25, -0.2) is 9.59 Å². The van der Waals surface area contributed by atoms with Gasteiger partial charge in [-0.15, -0.1) is 11.3 Å². The Kier molecular flexibility index (Phi) is 10.5. The van der Waals surface area contributed by atoms with Gasteiger partial charge in [-0.2, -0.15) is 0 Å². The number of amides is 4. The first-order valence-electron chi connectivity index (χ1n) is 19.4. The van der Waals surface area contributed by atoms with Gasteiger partial charge in [0, 0.05) is 25.7 Å². The number of thiazole rings is 1. The van der Waals surface area contributed by atoms with Crippen LogP contribution in [-0.4, -0.2) is 88.3 Å². The summed E-state index contributed by atoms with van der Waals surface area (Å²) in [5.74, 6) is -0.347. The van der Waals surface area contributed by atoms with Crippen molar-refractivity contribution in [3.63, 3.8) is 0 Å². The molecule has 0 spiro atoms. The van der Waals surface area contributed by atoms with E-state index in [-0.39, 0.29) is 37.0 Å². The maximum absolute atomic E-state index is 14.6. The third kappa shape index (κ3) is 7.35. The zero-order valence-corrected chi connectivity index (χ0v) is 33.3. The third-order valence-electron chi connectivity index (χ3n) is 12.6. The average molecular weight is 764 g/mol. The lowest BCUT2D eigenvalue weighted by Crippen LogP contribution is -2.65. The van der Waals surface area contributed by atoms with E-state index in [1.807, 2.05) is 52.0 Å². The van der Waals surface area contributed by atoms with E-state index < -0.39 is 60.4 Å². The Hall–Kier alpha value is -3.69. The zero-order valence-electron chi connectivity index (χ0n) is 32.5. The highest BCUT2D eigenvalue weighted by molar-refractivity contribution is 7.09. The summed E-state index contributed by atoms with van der Waals surface area (Å²) < 4.78 is 24.8. The summed E-state index contributed by atoms with van der Waals surface area (Å²) in [6.07, 6.45) is 3.09. The summed E-state index contributed by atoms with van der Waals surface area (Å²) in [5.41, 5.74) is 2.74. The second kappa shape index (κ2) is 14.8. The van der Waals surface area contributed by atoms with Gasteiger partial charge in [-0.1, -0.05) is 72.2 Å². The number of benzene rings is 1. The van der Waals surface area contributed by atoms with Crippen molar-refractivity contribution in [2.45, 2.75) is 136 Å². The lowest BCUT2D eigenvalue weighted by molar-refractivity contribution is -0.199. The van der Waals surface area contributed by atoms with Gasteiger partial charge in [0.2, 0.25) is 11.8 Å². The molecule has 54 heavy (non-hydrogen) atoms. The summed E-state index contributed by atoms with van der Waals surface area (Å²) in [6, 6.07) is 5.84. The highest BCUT2D eigenvalue weighted by Gasteiger charge is 2.68. The minimum absolute atomic E-state index is 0.0115. The molecule has 1 aromatic heterocycles. The van der Waals surface area contributed by atoms with E-state index in [0.717, 1.165) is 35.3 Å². The van der Waals surface area contributed by atoms with E-state index in [0.29, 0.717) is 31.3 Å². The lowest BCUT2D eigenvalue weighted by Gasteiger charge is -2.64. The monoisotopic (exact) mass is 763 g/mol. The van der Waals surface area contributed by atoms with Crippen LogP contribution < -0.4 is 10.6 Å². The Labute approximate surface area is 322 Å². The van der Waals surface area contributed by atoms with Crippen molar-refractivity contribution in [2.75, 3.05) is 6.54 Å². The molecule has 2 N–H and O–H groups in total. The Morgan fingerprint density at radius 3 is 2.43 bits per heavy atom. The van der Waals surface area contributed by atoms with Crippen LogP contribution >= 0.6 is 11.3 Å². The predicted molar refractivity (Wildman–Crippen MR) is 202 cm³/mol. The number of fused-ring (bicyclic) bond motifs is 1. The Morgan fingerprint density at radius 1 is 1.07 bits per heavy atom. The van der Waals surface area contributed by atoms with Crippen LogP contribution in [0.25, 0.3) is 0 Å². The molecule has 1 aromatic carbocycles. The molecular formula is C39H54BN5O8S. The van der Waals surface area contributed by atoms with Gasteiger partial charge < -0.3 is 34.3 Å². The van der Waals surface area contributed by atoms with Gasteiger partial charge in [0.05, 0.1) is 34.6 Å². The van der Waals surface area contributed by atoms with Crippen LogP contribution in [0.5, 0.6) is 0 Å². The van der Waals surface area contributed by atoms with Crippen molar-refractivity contribution < 1.29 is 38.0 Å². The van der Waals surface area contributed by atoms with E-state index in [2.05, 4.69) is 36.4 Å². The standard InChI is InChI=1S/C39H54BN5O8S/c1-8-11-31(40-52-30-15-25-14-29(38(25,5)6)39(30,7)53-40)42-33(46)28-16-26(51-36(49)44-18-23-12-9-10-13-24(23)19-44)20-45(28)34(47)32(37(2,3)4)43-35(48)50-21-27-17-41-22-54-27/h9-10,12-13,17,22,25-26,28-32H,8,11,14-16,18-21H2,1-7H3,(H,42,46)(H,43,48)/t25-,26+,28-,29-,30+,31-,32+,39-/m0/s1. The van der Waals surface area contributed by atoms with Crippen LogP contribution in [0.3, 0.4) is 0 Å². The van der Waals surface area contributed by atoms with Crippen LogP contribution in [0.15, 0.2) is 36.0 Å². The second-order valence-electron chi connectivity index (χ2n) is 17.6. The van der Waals surface area contributed by atoms with E-state index in [1.54, 1.807) is 16.6 Å². The molecule has 3 saturated carbocycles. The topological polar surface area (TPSA) is 149 Å². The van der Waals surface area contributed by atoms with Crippen molar-refractivity contribution in [2.24, 2.45) is 22.7 Å². The minimum atomic E-state index is -1.05. The lowest BCUT2D eigenvalue weighted by atomic mass is 9.43. The number of nitrogens with one attached hydrogen (secondary N) is 2. The summed E-state index contributed by atoms with van der Waals surface area (Å²) in [5, 5.41) is 5.97. The first kappa shape index (κ1) is 38.6. The normalized spacial score (nSPS) is 29.1. The molecule has 2 aromatic rings. The summed E-state index contributed by atoms with van der Waals surface area (Å²) in [6.45, 7) is 15.2. The van der Waals surface area contributed by atoms with Gasteiger partial charge in [-0.3, -0.25) is 19.5 Å². The predicted octanol–water partition coefficient (Wildman–Crippen LogP) is 5.46. The Morgan fingerprint density at radius 2 is 1.80 bits per heavy atom. The number of alkyl carbamates (subject to hydrolysis) is 1. The largest absolute Gasteiger partial charge is 0.481 e. The van der Waals surface area contributed by atoms with E-state index in [1.165, 1.54) is 16.2 Å². The second-order valence-corrected chi connectivity index (χ2v) is 18.6. The maximum atomic E-state index is 14.6. The van der Waals surface area contributed by atoms with Crippen LogP contribution in [0.4, 0.5) is 9.59 Å². The number of likely N-dealkylation sites (tertiary alicyclic amines) is 1. The smallest absolute Gasteiger partial charge is 0.444 e. The van der Waals surface area contributed by atoms with E-state index in [9.17, 15) is 19.2 Å². The molecule has 8 rings (SSSR count). The van der Waals surface area contributed by atoms with Gasteiger partial charge in [0.1, 0.15) is 24.8 Å². The minimum Gasteiger partial charge on any atom is -0.444 e. The zero-order chi connectivity index (χ0) is 38.6. The summed E-state index contributed by atoms with van der Waals surface area (Å²) >= 11 is 1.36. The third-order valence-corrected chi connectivity index (χ3v) is 13.4. The first-order valence-corrected chi connectivity index (χ1v) is 20.2. The Bertz CT molecular complexity index is 1710. The number of nitrogens with zero attached hydrogens (tertiary/aromatic N) is 3. The number of rotatable bonds is 10. The number of carbonyl (C=O) groups excluding carboxylic acids is 4. The van der Waals surface area contributed by atoms with Gasteiger partial charge >= 0.3 is 19.3 Å². The van der Waals surface area contributed by atoms with Gasteiger partial charge in [0.15, 0.2) is 0 Å². The number of aromatic nitrogens is 1. The molecule has 0 unspecified atom stereocenters. The quantitative estimate of drug-likeness (QED) is 0.301. The molecule has 4 heterocycles. The molecule has 2 bridgehead atoms. The first-order chi connectivity index (χ1) is 25.6. The molecule has 15 heteroatoms. The number of ether oxygens (including phenoxy) is 2. The van der Waals surface area contributed by atoms with Crippen molar-refractivity contribution in [3.8, 4) is 0 Å². The SMILES string of the molecule is CCC[C@H](NC(=O)[C@@H]1C[C@@H](OC(=O)N2Cc3ccccc3C2)CN1C(=O)[C@@H](NC(=O)OCc1cncs1)C(C)(C)C)B1O[C@@H]2C[C@@H]3C[C@@H](C3(C)C)[C@]2(C)O1. The van der Waals surface area contributed by atoms with E-state index in [4.69, 9.17) is 18.8 Å². The number of hydrogen-bond acceptors (Lipinski definition) is 10. The molecule has 2 saturated heterocycles. The molecule has 292 valence electrons. The maximum Gasteiger partial charge on any atom is 0.481 e. The molecule has 5 fully saturated rings. The fourth-order valence-corrected chi connectivity index (χ4v) is 9.92. The van der Waals surface area contributed by atoms with Crippen LogP contribution in [-0.2, 0) is 48.1 Å². The molecule has 0 radical (unpaired) electrons. The van der Waals surface area contributed by atoms with Gasteiger partial charge in [0.25, 0.3) is 0 Å². The molecule has 3 aliphatic heterocycles. The van der Waals surface area contributed by atoms with Gasteiger partial charge in [-0.05, 0) is 60.0 Å². The molecular weight excluding hydrogens is 709 g/mol. The van der Waals surface area contributed by atoms with Crippen LogP contribution in [0.2, 0.25) is 0 Å². The van der Waals surface area contributed by atoms with E-state index >= 15 is 0 Å². The van der Waals surface area contributed by atoms with Crippen molar-refractivity contribution in [1.82, 2.24) is 25.4 Å². The number of hydrogen-bond donors (Lipinski definition) is 2. The van der Waals surface area contributed by atoms with Crippen molar-refractivity contribution >= 4 is 42.5 Å². The van der Waals surface area contributed by atoms with Crippen molar-refractivity contribution in [1.29, 1.82) is 0 Å². The fraction of sp³-hybridized carbons (Fsp3) is 0.667. The summed E-state index contributed by atoms with van der Waals surface area (Å²) in [7, 11) is -0.632. The number of carbonyl (C=O) groups is 4. The highest BCUT2D eigenvalue weighted by atomic mass is 32.1. The van der Waals surface area contributed by atoms with Crippen LogP contribution in [0.1, 0.15) is 96.6 Å².